The molecule has 3 aromatic rings. The first kappa shape index (κ1) is 15.7. The first-order valence-corrected chi connectivity index (χ1v) is 7.59. The molecule has 0 atom stereocenters. The van der Waals surface area contributed by atoms with Crippen LogP contribution in [0.25, 0.3) is 0 Å². The summed E-state index contributed by atoms with van der Waals surface area (Å²) in [6.07, 6.45) is 4.35. The minimum atomic E-state index is -0.308. The van der Waals surface area contributed by atoms with E-state index in [0.29, 0.717) is 11.4 Å². The van der Waals surface area contributed by atoms with Crippen LogP contribution in [0.2, 0.25) is 0 Å². The summed E-state index contributed by atoms with van der Waals surface area (Å²) in [5.41, 5.74) is 3.13. The number of pyridine rings is 2. The van der Waals surface area contributed by atoms with Gasteiger partial charge in [-0.2, -0.15) is 0 Å². The van der Waals surface area contributed by atoms with Crippen LogP contribution in [0.4, 0.5) is 5.69 Å². The molecular formula is C19H17N3O2. The van der Waals surface area contributed by atoms with Crippen molar-refractivity contribution in [2.24, 2.45) is 7.05 Å². The summed E-state index contributed by atoms with van der Waals surface area (Å²) in [5, 5.41) is 2.81. The number of hydrogen-bond donors (Lipinski definition) is 1. The lowest BCUT2D eigenvalue weighted by atomic mass is 10.1. The summed E-state index contributed by atoms with van der Waals surface area (Å²) in [4.78, 5) is 27.9. The van der Waals surface area contributed by atoms with Crippen molar-refractivity contribution >= 4 is 11.6 Å². The lowest BCUT2D eigenvalue weighted by Gasteiger charge is -2.09. The summed E-state index contributed by atoms with van der Waals surface area (Å²) in [6.45, 7) is 0. The Morgan fingerprint density at radius 3 is 2.38 bits per heavy atom. The average Bonchev–Trinajstić information content (AvgIpc) is 2.60. The Kier molecular flexibility index (Phi) is 4.52. The molecular weight excluding hydrogens is 302 g/mol. The Morgan fingerprint density at radius 1 is 1.00 bits per heavy atom. The Bertz CT molecular complexity index is 900. The highest BCUT2D eigenvalue weighted by atomic mass is 16.2. The number of rotatable bonds is 4. The first-order valence-electron chi connectivity index (χ1n) is 7.59. The summed E-state index contributed by atoms with van der Waals surface area (Å²) < 4.78 is 1.33. The third-order valence-electron chi connectivity index (χ3n) is 3.79. The molecule has 0 saturated carbocycles. The molecule has 0 unspecified atom stereocenters. The van der Waals surface area contributed by atoms with Crippen LogP contribution in [0.5, 0.6) is 0 Å². The highest BCUT2D eigenvalue weighted by Gasteiger charge is 2.09. The predicted molar refractivity (Wildman–Crippen MR) is 93.1 cm³/mol. The van der Waals surface area contributed by atoms with Crippen LogP contribution >= 0.6 is 0 Å². The molecule has 0 aliphatic carbocycles. The van der Waals surface area contributed by atoms with Crippen molar-refractivity contribution in [3.05, 3.63) is 94.2 Å². The molecule has 2 aromatic heterocycles. The number of benzene rings is 1. The molecule has 0 spiro atoms. The topological polar surface area (TPSA) is 64.0 Å². The van der Waals surface area contributed by atoms with Crippen LogP contribution in [0.15, 0.2) is 71.8 Å². The quantitative estimate of drug-likeness (QED) is 0.804. The van der Waals surface area contributed by atoms with Gasteiger partial charge in [0, 0.05) is 31.2 Å². The minimum absolute atomic E-state index is 0.213. The fraction of sp³-hybridized carbons (Fsp3) is 0.105. The van der Waals surface area contributed by atoms with Crippen LogP contribution in [-0.2, 0) is 13.5 Å². The van der Waals surface area contributed by atoms with Gasteiger partial charge in [0.2, 0.25) is 0 Å². The molecule has 1 aromatic carbocycles. The second kappa shape index (κ2) is 6.91. The van der Waals surface area contributed by atoms with Gasteiger partial charge in [-0.15, -0.1) is 0 Å². The van der Waals surface area contributed by atoms with Crippen LogP contribution in [-0.4, -0.2) is 15.5 Å². The first-order chi connectivity index (χ1) is 11.6. The highest BCUT2D eigenvalue weighted by Crippen LogP contribution is 2.14. The maximum Gasteiger partial charge on any atom is 0.272 e. The van der Waals surface area contributed by atoms with E-state index in [2.05, 4.69) is 10.3 Å². The van der Waals surface area contributed by atoms with Gasteiger partial charge >= 0.3 is 0 Å². The number of amides is 1. The van der Waals surface area contributed by atoms with Gasteiger partial charge in [-0.3, -0.25) is 14.6 Å². The second-order valence-electron chi connectivity index (χ2n) is 5.49. The van der Waals surface area contributed by atoms with Gasteiger partial charge in [0.25, 0.3) is 11.5 Å². The number of nitrogens with zero attached hydrogens (tertiary/aromatic N) is 2. The molecule has 0 saturated heterocycles. The number of nitrogens with one attached hydrogen (secondary N) is 1. The zero-order chi connectivity index (χ0) is 16.9. The summed E-state index contributed by atoms with van der Waals surface area (Å²) in [6, 6.07) is 16.2. The fourth-order valence-electron chi connectivity index (χ4n) is 2.43. The van der Waals surface area contributed by atoms with E-state index in [0.717, 1.165) is 12.0 Å². The molecule has 3 rings (SSSR count). The van der Waals surface area contributed by atoms with Crippen molar-refractivity contribution in [1.29, 1.82) is 0 Å². The molecule has 0 fully saturated rings. The lowest BCUT2D eigenvalue weighted by Crippen LogP contribution is -2.25. The standard InChI is InChI=1S/C19H17N3O2/c1-22-17(3-2-4-18(22)23)19(24)21-16-7-5-14(6-8-16)13-15-9-11-20-12-10-15/h2-12H,13H2,1H3,(H,21,24). The summed E-state index contributed by atoms with van der Waals surface area (Å²) in [5.74, 6) is -0.308. The van der Waals surface area contributed by atoms with E-state index in [1.807, 2.05) is 36.4 Å². The van der Waals surface area contributed by atoms with Gasteiger partial charge in [0.1, 0.15) is 5.69 Å². The van der Waals surface area contributed by atoms with E-state index < -0.39 is 0 Å². The number of carbonyl (C=O) groups is 1. The van der Waals surface area contributed by atoms with Gasteiger partial charge in [0.05, 0.1) is 0 Å². The Balaban J connectivity index is 1.71. The molecule has 1 amide bonds. The van der Waals surface area contributed by atoms with Crippen LogP contribution in [0, 0.1) is 0 Å². The van der Waals surface area contributed by atoms with Crippen LogP contribution in [0.1, 0.15) is 21.6 Å². The second-order valence-corrected chi connectivity index (χ2v) is 5.49. The van der Waals surface area contributed by atoms with Crippen molar-refractivity contribution < 1.29 is 4.79 Å². The molecule has 0 aliphatic rings. The number of anilines is 1. The smallest absolute Gasteiger partial charge is 0.272 e. The minimum Gasteiger partial charge on any atom is -0.321 e. The van der Waals surface area contributed by atoms with Gasteiger partial charge in [-0.05, 0) is 47.9 Å². The lowest BCUT2D eigenvalue weighted by molar-refractivity contribution is 0.101. The third kappa shape index (κ3) is 3.57. The Morgan fingerprint density at radius 2 is 1.67 bits per heavy atom. The molecule has 24 heavy (non-hydrogen) atoms. The monoisotopic (exact) mass is 319 g/mol. The zero-order valence-electron chi connectivity index (χ0n) is 13.3. The maximum absolute atomic E-state index is 12.3. The van der Waals surface area contributed by atoms with Gasteiger partial charge in [0.15, 0.2) is 0 Å². The maximum atomic E-state index is 12.3. The van der Waals surface area contributed by atoms with Crippen LogP contribution < -0.4 is 10.9 Å². The van der Waals surface area contributed by atoms with Gasteiger partial charge in [-0.1, -0.05) is 18.2 Å². The largest absolute Gasteiger partial charge is 0.321 e. The molecule has 5 nitrogen and oxygen atoms in total. The fourth-order valence-corrected chi connectivity index (χ4v) is 2.43. The van der Waals surface area contributed by atoms with E-state index in [4.69, 9.17) is 0 Å². The molecule has 1 N–H and O–H groups in total. The van der Waals surface area contributed by atoms with E-state index >= 15 is 0 Å². The molecule has 0 bridgehead atoms. The third-order valence-corrected chi connectivity index (χ3v) is 3.79. The van der Waals surface area contributed by atoms with Gasteiger partial charge < -0.3 is 9.88 Å². The van der Waals surface area contributed by atoms with E-state index in [-0.39, 0.29) is 11.5 Å². The number of aromatic nitrogens is 2. The van der Waals surface area contributed by atoms with Crippen molar-refractivity contribution in [3.8, 4) is 0 Å². The Hall–Kier alpha value is -3.21. The van der Waals surface area contributed by atoms with Crippen molar-refractivity contribution in [2.75, 3.05) is 5.32 Å². The van der Waals surface area contributed by atoms with E-state index in [1.165, 1.54) is 16.2 Å². The summed E-state index contributed by atoms with van der Waals surface area (Å²) >= 11 is 0. The van der Waals surface area contributed by atoms with E-state index in [9.17, 15) is 9.59 Å². The van der Waals surface area contributed by atoms with Crippen molar-refractivity contribution in [2.45, 2.75) is 6.42 Å². The van der Waals surface area contributed by atoms with Crippen molar-refractivity contribution in [3.63, 3.8) is 0 Å². The Labute approximate surface area is 139 Å². The normalized spacial score (nSPS) is 10.4. The van der Waals surface area contributed by atoms with E-state index in [1.54, 1.807) is 31.6 Å². The predicted octanol–water partition coefficient (Wildman–Crippen LogP) is 2.62. The molecule has 120 valence electrons. The molecule has 5 heteroatoms. The average molecular weight is 319 g/mol. The highest BCUT2D eigenvalue weighted by molar-refractivity contribution is 6.03. The molecule has 0 aliphatic heterocycles. The number of hydrogen-bond acceptors (Lipinski definition) is 3. The number of carbonyl (C=O) groups excluding carboxylic acids is 1. The molecule has 0 radical (unpaired) electrons. The molecule has 2 heterocycles. The summed E-state index contributed by atoms with van der Waals surface area (Å²) in [7, 11) is 1.58. The SMILES string of the molecule is Cn1c(C(=O)Nc2ccc(Cc3ccncc3)cc2)cccc1=O. The van der Waals surface area contributed by atoms with Crippen LogP contribution in [0.3, 0.4) is 0 Å². The van der Waals surface area contributed by atoms with Crippen molar-refractivity contribution in [1.82, 2.24) is 9.55 Å². The zero-order valence-corrected chi connectivity index (χ0v) is 13.3. The van der Waals surface area contributed by atoms with Gasteiger partial charge in [-0.25, -0.2) is 0 Å².